The Balaban J connectivity index is 1.12. The molecule has 2 aliphatic heterocycles. The van der Waals surface area contributed by atoms with E-state index in [9.17, 15) is 50.7 Å². The van der Waals surface area contributed by atoms with Gasteiger partial charge in [0.05, 0.1) is 19.8 Å². The van der Waals surface area contributed by atoms with Gasteiger partial charge in [0.2, 0.25) is 85.0 Å². The molecule has 0 unspecified atom stereocenters. The normalized spacial score (nSPS) is 16.0. The smallest absolute Gasteiger partial charge is 0.245 e. The van der Waals surface area contributed by atoms with Crippen LogP contribution in [0.25, 0.3) is 10.8 Å². The number of nitrogens with zero attached hydrogens (tertiary/aromatic N) is 3. The molecule has 6 aromatic rings. The van der Waals surface area contributed by atoms with E-state index in [2.05, 4.69) is 58.1 Å². The quantitative estimate of drug-likeness (QED) is 0.0128. The van der Waals surface area contributed by atoms with Crippen molar-refractivity contribution in [1.29, 1.82) is 5.41 Å². The van der Waals surface area contributed by atoms with Gasteiger partial charge in [0, 0.05) is 83.3 Å². The minimum Gasteiger partial charge on any atom is -0.394 e. The van der Waals surface area contributed by atoms with Crippen molar-refractivity contribution in [1.82, 2.24) is 67.9 Å². The predicted molar refractivity (Wildman–Crippen MR) is 449 cm³/mol. The van der Waals surface area contributed by atoms with Crippen LogP contribution >= 0.6 is 11.6 Å². The molecule has 0 radical (unpaired) electrons. The van der Waals surface area contributed by atoms with Gasteiger partial charge in [0.25, 0.3) is 0 Å². The number of nitrogens with two attached hydrogens (primary N) is 4. The van der Waals surface area contributed by atoms with E-state index in [1.165, 1.54) is 43.0 Å². The molecule has 38 heteroatoms. The zero-order valence-electron chi connectivity index (χ0n) is 67.4. The Morgan fingerprint density at radius 3 is 1.44 bits per heavy atom. The van der Waals surface area contributed by atoms with Crippen molar-refractivity contribution >= 4 is 113 Å². The third kappa shape index (κ3) is 31.3. The first kappa shape index (κ1) is 94.5. The SMILES string of the molecule is CC(=O)N[C@H](Cc1ccc2ccccc2c1)C(=O)N[C@H](Cc1ccc(Cl)cc1)C(=O)N[C@H](Cc1ccccc1)C(=O)N[C@@H](CO)C(=O)N[C@@H](Cc1ccc(CN(CS(N)(=O)=O)CS(N)(=O)=O)cc1)C(=O)N[C@H](Cc1ccc(CN2CCOCC2)cc1)C(=O)N[C@@H](CC(C)C)C(=O)N[C@@H](CCCNC(=N)N)C(=O)N1CCC[C@H]1C(=O)N[C@H](C)C(N)=O. The standard InChI is InChI=1S/C82H109ClN18O17S2/c1-50(2)38-64(73(105)92-63(16-10-32-89-82(85)86)81(113)101-33-11-17-71(101)80(112)90-51(3)72(84)104)93-75(107)67(41-54-18-22-57(23-19-54)45-99-34-36-118-37-35-99)96-77(109)69(42-55-20-24-58(25-21-55)46-100(48-119(87,114)115)49-120(88,116)117)97-79(111)70(47-102)98-78(110)66(40-53-12-6-5-7-13-53)95-76(108)68(43-56-27-30-62(83)31-28-56)94-74(106)65(91-52(4)103)44-59-26-29-60-14-8-9-15-61(60)39-59/h5-9,12-15,18-31,39,50-51,63-71,102H,10-11,16-17,32-38,40-49H2,1-4H3,(H2,84,104)(H,90,112)(H,91,103)(H,92,105)(H,93,107)(H,94,106)(H,95,108)(H,96,109)(H,97,111)(H,98,110)(H4,85,86,89)(H2,87,114,115)(H2,88,116,117)/t51-,63+,64+,65-,66-,67-,68-,69+,70+,71+/m1/s1. The number of morpholine rings is 1. The number of ether oxygens (including phenoxy) is 1. The number of amides is 11. The largest absolute Gasteiger partial charge is 0.394 e. The number of carbonyl (C=O) groups is 11. The molecule has 35 nitrogen and oxygen atoms in total. The number of hydrogen-bond donors (Lipinski definition) is 16. The molecule has 2 aliphatic rings. The van der Waals surface area contributed by atoms with Crippen LogP contribution < -0.4 is 74.9 Å². The van der Waals surface area contributed by atoms with Gasteiger partial charge in [-0.2, -0.15) is 0 Å². The van der Waals surface area contributed by atoms with Crippen LogP contribution in [0.2, 0.25) is 5.02 Å². The predicted octanol–water partition coefficient (Wildman–Crippen LogP) is -0.686. The number of likely N-dealkylation sites (tertiary alicyclic amines) is 1. The third-order valence-corrected chi connectivity index (χ3v) is 21.8. The van der Waals surface area contributed by atoms with E-state index < -0.39 is 170 Å². The highest BCUT2D eigenvalue weighted by atomic mass is 35.5. The second-order valence-corrected chi connectivity index (χ2v) is 34.2. The Labute approximate surface area is 702 Å². The molecule has 0 aliphatic carbocycles. The van der Waals surface area contributed by atoms with Gasteiger partial charge in [-0.1, -0.05) is 159 Å². The van der Waals surface area contributed by atoms with Crippen molar-refractivity contribution in [3.8, 4) is 0 Å². The lowest BCUT2D eigenvalue weighted by molar-refractivity contribution is -0.142. The van der Waals surface area contributed by atoms with Gasteiger partial charge >= 0.3 is 0 Å². The third-order valence-electron chi connectivity index (χ3n) is 20.1. The van der Waals surface area contributed by atoms with Crippen LogP contribution in [-0.4, -0.2) is 226 Å². The van der Waals surface area contributed by atoms with E-state index in [-0.39, 0.29) is 88.4 Å². The van der Waals surface area contributed by atoms with Gasteiger partial charge in [-0.05, 0) is 107 Å². The summed E-state index contributed by atoms with van der Waals surface area (Å²) in [4.78, 5) is 163. The highest BCUT2D eigenvalue weighted by Gasteiger charge is 2.41. The summed E-state index contributed by atoms with van der Waals surface area (Å²) in [5, 5.41) is 58.7. The Hall–Kier alpha value is -11.0. The average Bonchev–Trinajstić information content (AvgIpc) is 1.59. The van der Waals surface area contributed by atoms with E-state index in [0.29, 0.717) is 72.1 Å². The van der Waals surface area contributed by atoms with Crippen molar-refractivity contribution in [3.63, 3.8) is 0 Å². The molecule has 2 saturated heterocycles. The Morgan fingerprint density at radius 2 is 0.950 bits per heavy atom. The van der Waals surface area contributed by atoms with Gasteiger partial charge < -0.3 is 79.4 Å². The number of rotatable bonds is 44. The zero-order chi connectivity index (χ0) is 87.4. The molecule has 10 atom stereocenters. The summed E-state index contributed by atoms with van der Waals surface area (Å²) in [5.74, 6) is -11.8. The van der Waals surface area contributed by atoms with E-state index in [4.69, 9.17) is 43.5 Å². The van der Waals surface area contributed by atoms with Crippen LogP contribution in [-0.2, 0) is 123 Å². The van der Waals surface area contributed by atoms with Crippen molar-refractivity contribution in [3.05, 3.63) is 190 Å². The van der Waals surface area contributed by atoms with Gasteiger partial charge in [0.1, 0.15) is 72.2 Å². The summed E-state index contributed by atoms with van der Waals surface area (Å²) in [7, 11) is -8.59. The topological polar surface area (TPSA) is 543 Å². The number of fused-ring (bicyclic) bond motifs is 1. The van der Waals surface area contributed by atoms with Crippen LogP contribution in [0.5, 0.6) is 0 Å². The number of benzene rings is 6. The summed E-state index contributed by atoms with van der Waals surface area (Å²) < 4.78 is 54.6. The number of guanidine groups is 1. The van der Waals surface area contributed by atoms with Crippen molar-refractivity contribution < 1.29 is 79.4 Å². The number of carbonyl (C=O) groups excluding carboxylic acids is 11. The molecule has 11 amide bonds. The molecule has 0 spiro atoms. The molecule has 20 N–H and O–H groups in total. The zero-order valence-corrected chi connectivity index (χ0v) is 69.8. The van der Waals surface area contributed by atoms with Gasteiger partial charge in [-0.3, -0.25) is 67.9 Å². The number of hydrogen-bond acceptors (Lipinski definition) is 20. The molecule has 8 rings (SSSR count). The van der Waals surface area contributed by atoms with Crippen LogP contribution in [0, 0.1) is 11.3 Å². The highest BCUT2D eigenvalue weighted by molar-refractivity contribution is 7.89. The summed E-state index contributed by atoms with van der Waals surface area (Å²) in [5.41, 5.74) is 14.8. The Kier molecular flexibility index (Phi) is 35.7. The molecule has 2 fully saturated rings. The Morgan fingerprint density at radius 1 is 0.525 bits per heavy atom. The van der Waals surface area contributed by atoms with E-state index in [1.807, 2.05) is 54.6 Å². The van der Waals surface area contributed by atoms with Crippen LogP contribution in [0.1, 0.15) is 98.7 Å². The minimum absolute atomic E-state index is 0.00564. The lowest BCUT2D eigenvalue weighted by Gasteiger charge is -2.31. The molecular weight excluding hydrogens is 1610 g/mol. The summed E-state index contributed by atoms with van der Waals surface area (Å²) in [6.45, 7) is 7.90. The fourth-order valence-electron chi connectivity index (χ4n) is 14.0. The minimum atomic E-state index is -4.30. The monoisotopic (exact) mass is 1720 g/mol. The number of nitrogens with one attached hydrogen (secondary N) is 11. The molecule has 0 aromatic heterocycles. The van der Waals surface area contributed by atoms with Crippen LogP contribution in [0.3, 0.4) is 0 Å². The molecule has 0 saturated carbocycles. The maximum atomic E-state index is 15.6. The van der Waals surface area contributed by atoms with Gasteiger partial charge in [0.15, 0.2) is 5.96 Å². The highest BCUT2D eigenvalue weighted by Crippen LogP contribution is 2.23. The van der Waals surface area contributed by atoms with E-state index in [0.717, 1.165) is 21.2 Å². The summed E-state index contributed by atoms with van der Waals surface area (Å²) in [6, 6.07) is 26.6. The fourth-order valence-corrected chi connectivity index (χ4v) is 15.6. The number of aliphatic hydroxyl groups excluding tert-OH is 1. The number of aliphatic hydroxyl groups is 1. The lowest BCUT2D eigenvalue weighted by Crippen LogP contribution is -2.62. The first-order valence-corrected chi connectivity index (χ1v) is 43.2. The van der Waals surface area contributed by atoms with Crippen LogP contribution in [0.4, 0.5) is 0 Å². The average molecular weight is 1720 g/mol. The van der Waals surface area contributed by atoms with Gasteiger partial charge in [-0.25, -0.2) is 27.1 Å². The Bertz CT molecular complexity index is 4770. The first-order valence-electron chi connectivity index (χ1n) is 39.4. The van der Waals surface area contributed by atoms with E-state index >= 15 is 24.0 Å². The maximum absolute atomic E-state index is 15.6. The second kappa shape index (κ2) is 45.4. The molecule has 120 heavy (non-hydrogen) atoms. The molecule has 0 bridgehead atoms. The van der Waals surface area contributed by atoms with E-state index in [1.54, 1.807) is 80.6 Å². The summed E-state index contributed by atoms with van der Waals surface area (Å²) >= 11 is 6.28. The van der Waals surface area contributed by atoms with Crippen molar-refractivity contribution in [2.75, 3.05) is 57.8 Å². The van der Waals surface area contributed by atoms with Crippen molar-refractivity contribution in [2.45, 2.75) is 165 Å². The van der Waals surface area contributed by atoms with Crippen LogP contribution in [0.15, 0.2) is 146 Å². The number of primary sulfonamides is 2. The lowest BCUT2D eigenvalue weighted by atomic mass is 9.99. The summed E-state index contributed by atoms with van der Waals surface area (Å²) in [6.07, 6.45) is -0.448. The molecule has 648 valence electrons. The molecule has 6 aromatic carbocycles. The first-order chi connectivity index (χ1) is 56.9. The fraction of sp³-hybridized carbons (Fsp3) is 0.439. The van der Waals surface area contributed by atoms with Gasteiger partial charge in [-0.15, -0.1) is 0 Å². The number of halogens is 1. The number of primary amides is 1. The number of sulfonamides is 2. The maximum Gasteiger partial charge on any atom is 0.245 e. The second-order valence-electron chi connectivity index (χ2n) is 30.5. The van der Waals surface area contributed by atoms with Crippen molar-refractivity contribution in [2.24, 2.45) is 27.7 Å². The molecular formula is C82H109ClN18O17S2. The molecule has 2 heterocycles.